The molecule has 0 fully saturated rings. The number of nitrogens with one attached hydrogen (secondary N) is 3. The Bertz CT molecular complexity index is 980. The largest absolute Gasteiger partial charge is 0.383 e. The van der Waals surface area contributed by atoms with Gasteiger partial charge in [-0.2, -0.15) is 0 Å². The number of amides is 2. The normalized spacial score (nSPS) is 12.4. The van der Waals surface area contributed by atoms with Crippen LogP contribution in [0.25, 0.3) is 21.8 Å². The fourth-order valence-corrected chi connectivity index (χ4v) is 3.21. The molecule has 2 heterocycles. The first-order chi connectivity index (χ1) is 13.5. The molecular weight excluding hydrogens is 356 g/mol. The first-order valence-corrected chi connectivity index (χ1v) is 9.43. The zero-order valence-corrected chi connectivity index (χ0v) is 16.4. The first-order valence-electron chi connectivity index (χ1n) is 9.43. The van der Waals surface area contributed by atoms with Gasteiger partial charge in [0.15, 0.2) is 0 Å². The molecule has 1 unspecified atom stereocenters. The molecule has 0 radical (unpaired) electrons. The third kappa shape index (κ3) is 4.48. The van der Waals surface area contributed by atoms with Crippen molar-refractivity contribution in [3.63, 3.8) is 0 Å². The van der Waals surface area contributed by atoms with Crippen LogP contribution in [0.1, 0.15) is 30.8 Å². The number of hydrogen-bond acceptors (Lipinski definition) is 4. The number of H-pyrrole nitrogens is 1. The molecule has 3 N–H and O–H groups in total. The lowest BCUT2D eigenvalue weighted by molar-refractivity contribution is -0.123. The van der Waals surface area contributed by atoms with Gasteiger partial charge in [-0.15, -0.1) is 0 Å². The number of ether oxygens (including phenoxy) is 1. The Kier molecular flexibility index (Phi) is 6.26. The molecule has 3 aromatic rings. The highest BCUT2D eigenvalue weighted by Gasteiger charge is 2.23. The van der Waals surface area contributed by atoms with E-state index in [9.17, 15) is 9.59 Å². The van der Waals surface area contributed by atoms with E-state index >= 15 is 0 Å². The van der Waals surface area contributed by atoms with Gasteiger partial charge in [0.05, 0.1) is 18.3 Å². The van der Waals surface area contributed by atoms with Crippen LogP contribution in [0, 0.1) is 5.92 Å². The Morgan fingerprint density at radius 2 is 1.96 bits per heavy atom. The van der Waals surface area contributed by atoms with Crippen LogP contribution in [0.5, 0.6) is 0 Å². The summed E-state index contributed by atoms with van der Waals surface area (Å²) in [6, 6.07) is 9.04. The van der Waals surface area contributed by atoms with Crippen LogP contribution < -0.4 is 10.6 Å². The minimum atomic E-state index is -0.621. The molecule has 3 rings (SSSR count). The molecule has 0 spiro atoms. The Labute approximate surface area is 163 Å². The van der Waals surface area contributed by atoms with Crippen molar-refractivity contribution in [1.29, 1.82) is 0 Å². The van der Waals surface area contributed by atoms with E-state index in [0.717, 1.165) is 21.8 Å². The quantitative estimate of drug-likeness (QED) is 0.522. The maximum absolute atomic E-state index is 12.8. The van der Waals surface area contributed by atoms with Gasteiger partial charge < -0.3 is 20.4 Å². The summed E-state index contributed by atoms with van der Waals surface area (Å²) in [5.41, 5.74) is 2.15. The van der Waals surface area contributed by atoms with Crippen molar-refractivity contribution in [3.8, 4) is 0 Å². The SMILES string of the molecule is COCCNC(=O)C(CC(C)C)NC(=O)c1cc2c(cn1)[nH]c1ccccc12. The van der Waals surface area contributed by atoms with E-state index in [0.29, 0.717) is 19.6 Å². The van der Waals surface area contributed by atoms with Gasteiger partial charge in [-0.25, -0.2) is 4.98 Å². The fraction of sp³-hybridized carbons (Fsp3) is 0.381. The van der Waals surface area contributed by atoms with E-state index in [-0.39, 0.29) is 23.4 Å². The zero-order valence-electron chi connectivity index (χ0n) is 16.4. The van der Waals surface area contributed by atoms with Gasteiger partial charge in [0.25, 0.3) is 5.91 Å². The Hall–Kier alpha value is -2.93. The van der Waals surface area contributed by atoms with Crippen LogP contribution in [0.2, 0.25) is 0 Å². The van der Waals surface area contributed by atoms with E-state index in [2.05, 4.69) is 20.6 Å². The minimum Gasteiger partial charge on any atom is -0.383 e. The molecule has 7 heteroatoms. The topological polar surface area (TPSA) is 96.1 Å². The standard InChI is InChI=1S/C21H26N4O3/c1-13(2)10-18(20(26)22-8-9-28-3)25-21(27)17-11-15-14-6-4-5-7-16(14)24-19(15)12-23-17/h4-7,11-13,18,24H,8-10H2,1-3H3,(H,22,26)(H,25,27). The second-order valence-corrected chi connectivity index (χ2v) is 7.23. The lowest BCUT2D eigenvalue weighted by Crippen LogP contribution is -2.48. The van der Waals surface area contributed by atoms with Gasteiger partial charge in [-0.05, 0) is 24.5 Å². The van der Waals surface area contributed by atoms with Crippen LogP contribution in [0.15, 0.2) is 36.5 Å². The van der Waals surface area contributed by atoms with Gasteiger partial charge in [-0.1, -0.05) is 32.0 Å². The molecule has 0 aliphatic carbocycles. The predicted octanol–water partition coefficient (Wildman–Crippen LogP) is 2.62. The summed E-state index contributed by atoms with van der Waals surface area (Å²) in [6.45, 7) is 4.85. The molecule has 0 saturated heterocycles. The smallest absolute Gasteiger partial charge is 0.270 e. The number of carbonyl (C=O) groups is 2. The van der Waals surface area contributed by atoms with Crippen molar-refractivity contribution in [2.24, 2.45) is 5.92 Å². The highest BCUT2D eigenvalue weighted by Crippen LogP contribution is 2.25. The van der Waals surface area contributed by atoms with E-state index in [1.54, 1.807) is 19.4 Å². The first kappa shape index (κ1) is 19.8. The maximum atomic E-state index is 12.8. The molecule has 7 nitrogen and oxygen atoms in total. The van der Waals surface area contributed by atoms with E-state index in [1.165, 1.54) is 0 Å². The van der Waals surface area contributed by atoms with Gasteiger partial charge in [0.1, 0.15) is 11.7 Å². The molecule has 0 aliphatic heterocycles. The summed E-state index contributed by atoms with van der Waals surface area (Å²) in [4.78, 5) is 32.8. The van der Waals surface area contributed by atoms with Crippen LogP contribution >= 0.6 is 0 Å². The summed E-state index contributed by atoms with van der Waals surface area (Å²) in [5.74, 6) is -0.325. The molecule has 2 amide bonds. The fourth-order valence-electron chi connectivity index (χ4n) is 3.21. The number of fused-ring (bicyclic) bond motifs is 3. The number of para-hydroxylation sites is 1. The average Bonchev–Trinajstić information content (AvgIpc) is 3.05. The lowest BCUT2D eigenvalue weighted by atomic mass is 10.0. The maximum Gasteiger partial charge on any atom is 0.270 e. The van der Waals surface area contributed by atoms with Gasteiger partial charge >= 0.3 is 0 Å². The number of benzene rings is 1. The molecule has 0 bridgehead atoms. The Balaban J connectivity index is 1.80. The number of rotatable bonds is 8. The van der Waals surface area contributed by atoms with Gasteiger partial charge in [0.2, 0.25) is 5.91 Å². The van der Waals surface area contributed by atoms with Crippen molar-refractivity contribution >= 4 is 33.6 Å². The summed E-state index contributed by atoms with van der Waals surface area (Å²) >= 11 is 0. The number of aromatic amines is 1. The predicted molar refractivity (Wildman–Crippen MR) is 109 cm³/mol. The highest BCUT2D eigenvalue weighted by atomic mass is 16.5. The van der Waals surface area contributed by atoms with Crippen LogP contribution in [-0.2, 0) is 9.53 Å². The summed E-state index contributed by atoms with van der Waals surface area (Å²) < 4.78 is 4.96. The van der Waals surface area contributed by atoms with Gasteiger partial charge in [0, 0.05) is 29.9 Å². The Morgan fingerprint density at radius 1 is 1.18 bits per heavy atom. The van der Waals surface area contributed by atoms with Gasteiger partial charge in [-0.3, -0.25) is 9.59 Å². The van der Waals surface area contributed by atoms with Crippen molar-refractivity contribution in [2.75, 3.05) is 20.3 Å². The molecule has 1 aromatic carbocycles. The van der Waals surface area contributed by atoms with Crippen molar-refractivity contribution in [3.05, 3.63) is 42.2 Å². The molecule has 0 saturated carbocycles. The van der Waals surface area contributed by atoms with E-state index in [1.807, 2.05) is 38.1 Å². The van der Waals surface area contributed by atoms with Crippen LogP contribution in [0.3, 0.4) is 0 Å². The average molecular weight is 382 g/mol. The summed E-state index contributed by atoms with van der Waals surface area (Å²) in [6.07, 6.45) is 2.19. The van der Waals surface area contributed by atoms with Crippen molar-refractivity contribution < 1.29 is 14.3 Å². The monoisotopic (exact) mass is 382 g/mol. The second-order valence-electron chi connectivity index (χ2n) is 7.23. The van der Waals surface area contributed by atoms with Crippen LogP contribution in [-0.4, -0.2) is 48.1 Å². The molecular formula is C21H26N4O3. The minimum absolute atomic E-state index is 0.215. The second kappa shape index (κ2) is 8.84. The number of methoxy groups -OCH3 is 1. The molecule has 2 aromatic heterocycles. The van der Waals surface area contributed by atoms with E-state index in [4.69, 9.17) is 4.74 Å². The molecule has 148 valence electrons. The third-order valence-electron chi connectivity index (χ3n) is 4.56. The molecule has 28 heavy (non-hydrogen) atoms. The van der Waals surface area contributed by atoms with Crippen molar-refractivity contribution in [1.82, 2.24) is 20.6 Å². The number of carbonyl (C=O) groups excluding carboxylic acids is 2. The number of pyridine rings is 1. The lowest BCUT2D eigenvalue weighted by Gasteiger charge is -2.20. The molecule has 1 atom stereocenters. The molecule has 0 aliphatic rings. The summed E-state index contributed by atoms with van der Waals surface area (Å²) in [5, 5.41) is 7.59. The summed E-state index contributed by atoms with van der Waals surface area (Å²) in [7, 11) is 1.58. The highest BCUT2D eigenvalue weighted by molar-refractivity contribution is 6.09. The Morgan fingerprint density at radius 3 is 2.71 bits per heavy atom. The number of nitrogens with zero attached hydrogens (tertiary/aromatic N) is 1. The zero-order chi connectivity index (χ0) is 20.1. The van der Waals surface area contributed by atoms with Crippen LogP contribution in [0.4, 0.5) is 0 Å². The van der Waals surface area contributed by atoms with E-state index < -0.39 is 6.04 Å². The third-order valence-corrected chi connectivity index (χ3v) is 4.56. The number of hydrogen-bond donors (Lipinski definition) is 3. The number of aromatic nitrogens is 2. The van der Waals surface area contributed by atoms with Crippen molar-refractivity contribution in [2.45, 2.75) is 26.3 Å².